The summed E-state index contributed by atoms with van der Waals surface area (Å²) in [5, 5.41) is 2.59. The standard InChI is InChI=1S/C15H25NO3.C15H24O3.C13H23NO2.C13H22O2.C12H20O2.C11H18O2.C10H18O2/c1-5-7-12(17)8-6-9-14(19)16-11-13(18)10-15(2,3)4;1-5-7-12(16)8-6-9-13(17)10-11-14(18)15(2,3)4;1-13(2,3)12(16)9-8-11(15)7-6-10-14(4)5;1-5-7-11(14)8-6-9-12(15)10-13(2,3)4;1-6-9(2)10(13)7-8-11(14)12(3,4)5;1-8(2)6-9(12)10(13)7-11(3,4)5;1-7(2)6-8(11)9(12)10(3,4)5/h5,7H,6,8-11H2,1-4H3,(H,16,19);5,7H,6,8-11H2,1-4H3;6-7H,8-10H2,1-5H3;5,7H,6,8-10H2,1-4H3;2,6-8H2,1,3-5H3;6H,7H2,1-5H3;7H,6H2,1-5H3/b2*7-5+;7-6+;7-5+;;;. The molecule has 1 N–H and O–H groups in total. The third-order valence-corrected chi connectivity index (χ3v) is 14.4. The number of likely N-dealkylation sites (N-methyl/N-ethyl adjacent to an activating group) is 1. The van der Waals surface area contributed by atoms with Gasteiger partial charge < -0.3 is 10.2 Å². The fourth-order valence-corrected chi connectivity index (χ4v) is 8.38. The van der Waals surface area contributed by atoms with Gasteiger partial charge in [0.25, 0.3) is 0 Å². The Morgan fingerprint density at radius 3 is 1.09 bits per heavy atom. The van der Waals surface area contributed by atoms with Gasteiger partial charge in [-0.15, -0.1) is 0 Å². The number of hydrogen-bond acceptors (Lipinski definition) is 17. The molecule has 0 spiro atoms. The Morgan fingerprint density at radius 2 is 0.757 bits per heavy atom. The Labute approximate surface area is 649 Å². The van der Waals surface area contributed by atoms with Crippen LogP contribution >= 0.6 is 0 Å². The quantitative estimate of drug-likeness (QED) is 0.0442. The molecule has 0 rings (SSSR count). The number of Topliss-reactive ketones (excluding diaryl/α,β-unsaturated/α-hetero) is 10. The van der Waals surface area contributed by atoms with E-state index in [4.69, 9.17) is 0 Å². The third kappa shape index (κ3) is 81.3. The normalized spacial score (nSPS) is 11.7. The number of hydrogen-bond donors (Lipinski definition) is 1. The number of carbonyl (C=O) groups excluding carboxylic acids is 16. The number of nitrogens with zero attached hydrogens (tertiary/aromatic N) is 1. The van der Waals surface area contributed by atoms with Gasteiger partial charge in [-0.2, -0.15) is 0 Å². The zero-order valence-electron chi connectivity index (χ0n) is 73.0. The fourth-order valence-electron chi connectivity index (χ4n) is 8.38. The van der Waals surface area contributed by atoms with Crippen LogP contribution in [-0.2, 0) is 76.7 Å². The van der Waals surface area contributed by atoms with Crippen molar-refractivity contribution in [1.82, 2.24) is 10.2 Å². The Balaban J connectivity index is -0.000000219. The SMILES string of the molecule is C/C=C/C(=O)CCCC(=O)CC(C)(C)C.C/C=C/C(=O)CCCC(=O)CCC(=O)C(C)(C)C.C/C=C/C(=O)CCCC(=O)NCC(=O)CC(C)(C)C.C=C(CC)C(=O)CCC(=O)C(C)(C)C.CC(C)=CC(=O)C(=O)CC(C)(C)C.CC(C)CC(=O)C(=O)C(C)(C)C.CN(C)C/C=C/C(=O)CCC(=O)C(C)(C)C. The summed E-state index contributed by atoms with van der Waals surface area (Å²) in [4.78, 5) is 184. The van der Waals surface area contributed by atoms with Crippen LogP contribution in [0.5, 0.6) is 0 Å². The minimum absolute atomic E-state index is 0.0186. The van der Waals surface area contributed by atoms with Crippen LogP contribution in [0.25, 0.3) is 0 Å². The molecule has 18 heteroatoms. The minimum atomic E-state index is -0.522. The number of nitrogens with one attached hydrogen (secondary N) is 1. The topological polar surface area (TPSA) is 288 Å². The van der Waals surface area contributed by atoms with E-state index in [0.717, 1.165) is 12.1 Å². The molecule has 0 saturated heterocycles. The lowest BCUT2D eigenvalue weighted by Crippen LogP contribution is -2.31. The molecule has 0 aliphatic carbocycles. The predicted molar refractivity (Wildman–Crippen MR) is 438 cm³/mol. The highest BCUT2D eigenvalue weighted by atomic mass is 16.2. The van der Waals surface area contributed by atoms with Crippen LogP contribution in [-0.4, -0.2) is 125 Å². The Hall–Kier alpha value is -7.08. The lowest BCUT2D eigenvalue weighted by Gasteiger charge is -2.16. The lowest BCUT2D eigenvalue weighted by molar-refractivity contribution is -0.141. The number of amides is 1. The smallest absolute Gasteiger partial charge is 0.221 e. The molecule has 0 saturated carbocycles. The van der Waals surface area contributed by atoms with Crippen molar-refractivity contribution in [3.05, 3.63) is 72.4 Å². The molecule has 0 bridgehead atoms. The molecule has 612 valence electrons. The molecule has 18 nitrogen and oxygen atoms in total. The van der Waals surface area contributed by atoms with E-state index in [0.29, 0.717) is 128 Å². The van der Waals surface area contributed by atoms with Gasteiger partial charge in [-0.05, 0) is 133 Å². The van der Waals surface area contributed by atoms with Crippen molar-refractivity contribution in [2.45, 2.75) is 329 Å². The summed E-state index contributed by atoms with van der Waals surface area (Å²) < 4.78 is 0. The molecular formula is C89H150N2O16. The van der Waals surface area contributed by atoms with Crippen LogP contribution in [0.1, 0.15) is 329 Å². The van der Waals surface area contributed by atoms with Gasteiger partial charge in [0.1, 0.15) is 28.9 Å². The molecule has 0 atom stereocenters. The van der Waals surface area contributed by atoms with Crippen molar-refractivity contribution < 1.29 is 76.7 Å². The van der Waals surface area contributed by atoms with E-state index in [9.17, 15) is 76.7 Å². The van der Waals surface area contributed by atoms with Crippen LogP contribution in [0.2, 0.25) is 0 Å². The van der Waals surface area contributed by atoms with Crippen LogP contribution < -0.4 is 5.32 Å². The number of carbonyl (C=O) groups is 16. The second kappa shape index (κ2) is 58.9. The summed E-state index contributed by atoms with van der Waals surface area (Å²) in [7, 11) is 3.88. The van der Waals surface area contributed by atoms with Gasteiger partial charge in [-0.25, -0.2) is 0 Å². The van der Waals surface area contributed by atoms with Gasteiger partial charge in [0.2, 0.25) is 23.3 Å². The summed E-state index contributed by atoms with van der Waals surface area (Å²) in [6.45, 7) is 59.3. The monoisotopic (exact) mass is 1500 g/mol. The zero-order valence-corrected chi connectivity index (χ0v) is 73.0. The Kier molecular flexibility index (Phi) is 62.3. The van der Waals surface area contributed by atoms with E-state index < -0.39 is 5.41 Å². The maximum absolute atomic E-state index is 11.6. The maximum Gasteiger partial charge on any atom is 0.221 e. The van der Waals surface area contributed by atoms with E-state index in [1.807, 2.05) is 170 Å². The average molecular weight is 1500 g/mol. The highest BCUT2D eigenvalue weighted by Crippen LogP contribution is 2.24. The molecule has 0 aromatic heterocycles. The van der Waals surface area contributed by atoms with E-state index in [1.165, 1.54) is 18.2 Å². The van der Waals surface area contributed by atoms with Gasteiger partial charge in [0.05, 0.1) is 6.54 Å². The summed E-state index contributed by atoms with van der Waals surface area (Å²) in [6, 6.07) is 0. The molecule has 0 aliphatic heterocycles. The molecule has 0 heterocycles. The third-order valence-electron chi connectivity index (χ3n) is 14.4. The van der Waals surface area contributed by atoms with E-state index in [-0.39, 0.29) is 144 Å². The lowest BCUT2D eigenvalue weighted by atomic mass is 9.86. The highest BCUT2D eigenvalue weighted by Gasteiger charge is 2.29. The molecule has 0 unspecified atom stereocenters. The van der Waals surface area contributed by atoms with Gasteiger partial charge in [0, 0.05) is 131 Å². The van der Waals surface area contributed by atoms with Crippen molar-refractivity contribution in [3.8, 4) is 0 Å². The minimum Gasteiger partial charge on any atom is -0.349 e. The molecule has 107 heavy (non-hydrogen) atoms. The van der Waals surface area contributed by atoms with E-state index >= 15 is 0 Å². The van der Waals surface area contributed by atoms with Crippen molar-refractivity contribution in [2.75, 3.05) is 27.2 Å². The molecule has 0 aromatic rings. The fraction of sp³-hybridized carbons (Fsp3) is 0.685. The van der Waals surface area contributed by atoms with Crippen LogP contribution in [0.3, 0.4) is 0 Å². The van der Waals surface area contributed by atoms with Crippen molar-refractivity contribution >= 4 is 92.7 Å². The second-order valence-corrected chi connectivity index (χ2v) is 35.7. The molecule has 0 aromatic carbocycles. The second-order valence-electron chi connectivity index (χ2n) is 35.7. The first kappa shape index (κ1) is 113. The zero-order chi connectivity index (χ0) is 85.7. The number of allylic oxidation sites excluding steroid dienone is 10. The number of rotatable bonds is 39. The summed E-state index contributed by atoms with van der Waals surface area (Å²) in [6.07, 6.45) is 23.1. The number of ketones is 15. The molecule has 0 fully saturated rings. The van der Waals surface area contributed by atoms with E-state index in [1.54, 1.807) is 65.0 Å². The highest BCUT2D eigenvalue weighted by molar-refractivity contribution is 6.41. The van der Waals surface area contributed by atoms with Crippen molar-refractivity contribution in [2.24, 2.45) is 43.8 Å². The van der Waals surface area contributed by atoms with Crippen LogP contribution in [0, 0.1) is 43.8 Å². The first-order valence-electron chi connectivity index (χ1n) is 38.1. The first-order chi connectivity index (χ1) is 48.3. The van der Waals surface area contributed by atoms with Crippen molar-refractivity contribution in [1.29, 1.82) is 0 Å². The molecule has 1 amide bonds. The van der Waals surface area contributed by atoms with Crippen LogP contribution in [0.4, 0.5) is 0 Å². The van der Waals surface area contributed by atoms with Gasteiger partial charge in [-0.1, -0.05) is 203 Å². The van der Waals surface area contributed by atoms with Gasteiger partial charge >= 0.3 is 0 Å². The summed E-state index contributed by atoms with van der Waals surface area (Å²) >= 11 is 0. The van der Waals surface area contributed by atoms with Gasteiger partial charge in [-0.3, -0.25) is 76.7 Å². The first-order valence-corrected chi connectivity index (χ1v) is 38.1. The Bertz CT molecular complexity index is 2990. The largest absolute Gasteiger partial charge is 0.349 e. The van der Waals surface area contributed by atoms with Crippen molar-refractivity contribution in [3.63, 3.8) is 0 Å². The van der Waals surface area contributed by atoms with Gasteiger partial charge in [0.15, 0.2) is 40.5 Å². The summed E-state index contributed by atoms with van der Waals surface area (Å²) in [5.74, 6) is -0.0857. The van der Waals surface area contributed by atoms with Crippen LogP contribution in [0.15, 0.2) is 72.4 Å². The summed E-state index contributed by atoms with van der Waals surface area (Å²) in [5.41, 5.74) is -0.192. The van der Waals surface area contributed by atoms with E-state index in [2.05, 4.69) is 32.7 Å². The maximum atomic E-state index is 11.6. The molecule has 0 aliphatic rings. The molecule has 0 radical (unpaired) electrons. The average Bonchev–Trinajstić information content (AvgIpc) is 0.887. The Morgan fingerprint density at radius 1 is 0.402 bits per heavy atom. The molecular weight excluding hydrogens is 1350 g/mol. The predicted octanol–water partition coefficient (Wildman–Crippen LogP) is 18.7.